The Balaban J connectivity index is 1.44. The highest BCUT2D eigenvalue weighted by Gasteiger charge is 2.30. The first kappa shape index (κ1) is 28.3. The van der Waals surface area contributed by atoms with Crippen LogP contribution >= 0.6 is 0 Å². The monoisotopic (exact) mass is 504 g/mol. The number of benzene rings is 1. The van der Waals surface area contributed by atoms with Gasteiger partial charge in [-0.25, -0.2) is 4.79 Å². The number of para-hydroxylation sites is 1. The molecule has 3 rings (SSSR count). The Bertz CT molecular complexity index is 832. The predicted molar refractivity (Wildman–Crippen MR) is 138 cm³/mol. The van der Waals surface area contributed by atoms with Gasteiger partial charge in [-0.15, -0.1) is 0 Å². The fourth-order valence-corrected chi connectivity index (χ4v) is 4.99. The van der Waals surface area contributed by atoms with Crippen LogP contribution in [0.5, 0.6) is 5.75 Å². The van der Waals surface area contributed by atoms with Gasteiger partial charge in [-0.2, -0.15) is 0 Å². The smallest absolute Gasteiger partial charge is 0.407 e. The molecule has 2 fully saturated rings. The normalized spacial score (nSPS) is 24.6. The van der Waals surface area contributed by atoms with Crippen LogP contribution in [0, 0.1) is 0 Å². The van der Waals surface area contributed by atoms with E-state index in [1.165, 1.54) is 12.7 Å². The van der Waals surface area contributed by atoms with E-state index in [2.05, 4.69) is 22.8 Å². The molecule has 202 valence electrons. The summed E-state index contributed by atoms with van der Waals surface area (Å²) in [6, 6.07) is 8.32. The molecule has 36 heavy (non-hydrogen) atoms. The van der Waals surface area contributed by atoms with Gasteiger partial charge in [0, 0.05) is 12.5 Å². The SMILES string of the molecule is COC(=O)CCCOc1ccccc1[C@H]1CC[C@@H](OCC2NCCCC2NC(=O)OC(C)(C)C)CC1. The number of alkyl carbamates (subject to hydrolysis) is 1. The molecule has 1 saturated heterocycles. The van der Waals surface area contributed by atoms with Crippen molar-refractivity contribution in [2.24, 2.45) is 0 Å². The van der Waals surface area contributed by atoms with E-state index in [9.17, 15) is 9.59 Å². The number of methoxy groups -OCH3 is 1. The largest absolute Gasteiger partial charge is 0.493 e. The molecular formula is C28H44N2O6. The first-order chi connectivity index (χ1) is 17.2. The van der Waals surface area contributed by atoms with Gasteiger partial charge < -0.3 is 29.6 Å². The number of hydrogen-bond acceptors (Lipinski definition) is 7. The third-order valence-electron chi connectivity index (χ3n) is 6.84. The summed E-state index contributed by atoms with van der Waals surface area (Å²) in [5.41, 5.74) is 0.730. The van der Waals surface area contributed by atoms with E-state index >= 15 is 0 Å². The zero-order valence-electron chi connectivity index (χ0n) is 22.3. The second-order valence-electron chi connectivity index (χ2n) is 10.8. The maximum Gasteiger partial charge on any atom is 0.407 e. The van der Waals surface area contributed by atoms with Crippen molar-refractivity contribution in [3.05, 3.63) is 29.8 Å². The lowest BCUT2D eigenvalue weighted by Crippen LogP contribution is -2.56. The number of ether oxygens (including phenoxy) is 4. The maximum absolute atomic E-state index is 12.3. The minimum absolute atomic E-state index is 0.00754. The fourth-order valence-electron chi connectivity index (χ4n) is 4.99. The Labute approximate surface area is 215 Å². The standard InChI is InChI=1S/C28H44N2O6/c1-28(2,3)36-27(32)30-23-10-7-17-29-24(23)19-35-21-15-13-20(14-16-21)22-9-5-6-11-25(22)34-18-8-12-26(31)33-4/h5-6,9,11,20-21,23-24,29H,7-8,10,12-19H2,1-4H3,(H,30,32)/t20-,21+,23?,24?. The molecule has 0 spiro atoms. The van der Waals surface area contributed by atoms with Crippen LogP contribution in [-0.4, -0.2) is 62.7 Å². The summed E-state index contributed by atoms with van der Waals surface area (Å²) < 4.78 is 22.5. The van der Waals surface area contributed by atoms with Gasteiger partial charge in [0.2, 0.25) is 0 Å². The van der Waals surface area contributed by atoms with Gasteiger partial charge >= 0.3 is 12.1 Å². The fraction of sp³-hybridized carbons (Fsp3) is 0.714. The summed E-state index contributed by atoms with van der Waals surface area (Å²) in [6.07, 6.45) is 6.89. The van der Waals surface area contributed by atoms with Crippen LogP contribution in [0.3, 0.4) is 0 Å². The molecule has 0 aromatic heterocycles. The number of amides is 1. The van der Waals surface area contributed by atoms with Crippen molar-refractivity contribution in [3.8, 4) is 5.75 Å². The quantitative estimate of drug-likeness (QED) is 0.352. The van der Waals surface area contributed by atoms with Gasteiger partial charge in [-0.1, -0.05) is 18.2 Å². The van der Waals surface area contributed by atoms with E-state index in [0.29, 0.717) is 32.0 Å². The molecule has 1 heterocycles. The van der Waals surface area contributed by atoms with Gasteiger partial charge in [-0.3, -0.25) is 4.79 Å². The minimum atomic E-state index is -0.510. The van der Waals surface area contributed by atoms with E-state index in [-0.39, 0.29) is 30.3 Å². The summed E-state index contributed by atoms with van der Waals surface area (Å²) in [5.74, 6) is 1.14. The highest BCUT2D eigenvalue weighted by atomic mass is 16.6. The molecule has 1 aromatic carbocycles. The molecule has 1 saturated carbocycles. The van der Waals surface area contributed by atoms with Crippen LogP contribution in [-0.2, 0) is 19.0 Å². The molecule has 2 aliphatic rings. The van der Waals surface area contributed by atoms with Crippen molar-refractivity contribution in [2.45, 2.75) is 102 Å². The molecule has 1 aromatic rings. The van der Waals surface area contributed by atoms with Crippen LogP contribution in [0.1, 0.15) is 83.6 Å². The van der Waals surface area contributed by atoms with Gasteiger partial charge in [0.15, 0.2) is 0 Å². The second kappa shape index (κ2) is 13.8. The first-order valence-corrected chi connectivity index (χ1v) is 13.4. The Morgan fingerprint density at radius 3 is 2.56 bits per heavy atom. The Morgan fingerprint density at radius 1 is 1.08 bits per heavy atom. The van der Waals surface area contributed by atoms with Gasteiger partial charge in [0.05, 0.1) is 32.5 Å². The molecule has 0 radical (unpaired) electrons. The number of hydrogen-bond donors (Lipinski definition) is 2. The second-order valence-corrected chi connectivity index (χ2v) is 10.8. The molecule has 1 amide bonds. The molecule has 2 unspecified atom stereocenters. The number of rotatable bonds is 10. The lowest BCUT2D eigenvalue weighted by molar-refractivity contribution is -0.140. The van der Waals surface area contributed by atoms with Crippen molar-refractivity contribution in [3.63, 3.8) is 0 Å². The summed E-state index contributed by atoms with van der Waals surface area (Å²) in [4.78, 5) is 23.6. The first-order valence-electron chi connectivity index (χ1n) is 13.4. The average Bonchev–Trinajstić information content (AvgIpc) is 2.85. The highest BCUT2D eigenvalue weighted by molar-refractivity contribution is 5.69. The van der Waals surface area contributed by atoms with E-state index in [1.54, 1.807) is 0 Å². The summed E-state index contributed by atoms with van der Waals surface area (Å²) >= 11 is 0. The van der Waals surface area contributed by atoms with Crippen LogP contribution in [0.25, 0.3) is 0 Å². The Kier molecular flexibility index (Phi) is 10.9. The van der Waals surface area contributed by atoms with Crippen LogP contribution < -0.4 is 15.4 Å². The summed E-state index contributed by atoms with van der Waals surface area (Å²) in [6.45, 7) is 7.63. The van der Waals surface area contributed by atoms with Crippen molar-refractivity contribution >= 4 is 12.1 Å². The van der Waals surface area contributed by atoms with Crippen molar-refractivity contribution in [1.29, 1.82) is 0 Å². The number of nitrogens with one attached hydrogen (secondary N) is 2. The average molecular weight is 505 g/mol. The van der Waals surface area contributed by atoms with E-state index < -0.39 is 5.60 Å². The van der Waals surface area contributed by atoms with Crippen molar-refractivity contribution in [1.82, 2.24) is 10.6 Å². The van der Waals surface area contributed by atoms with E-state index in [4.69, 9.17) is 18.9 Å². The molecule has 1 aliphatic heterocycles. The third kappa shape index (κ3) is 9.28. The molecule has 1 aliphatic carbocycles. The lowest BCUT2D eigenvalue weighted by atomic mass is 9.82. The highest BCUT2D eigenvalue weighted by Crippen LogP contribution is 2.38. The van der Waals surface area contributed by atoms with Gasteiger partial charge in [-0.05, 0) is 89.8 Å². The number of carbonyl (C=O) groups is 2. The van der Waals surface area contributed by atoms with Crippen LogP contribution in [0.2, 0.25) is 0 Å². The molecule has 8 nitrogen and oxygen atoms in total. The Hall–Kier alpha value is -2.32. The van der Waals surface area contributed by atoms with Crippen LogP contribution in [0.4, 0.5) is 4.79 Å². The Morgan fingerprint density at radius 2 is 1.83 bits per heavy atom. The lowest BCUT2D eigenvalue weighted by Gasteiger charge is -2.36. The number of carbonyl (C=O) groups excluding carboxylic acids is 2. The molecule has 8 heteroatoms. The van der Waals surface area contributed by atoms with Crippen molar-refractivity contribution < 1.29 is 28.5 Å². The molecule has 2 atom stereocenters. The summed E-state index contributed by atoms with van der Waals surface area (Å²) in [7, 11) is 1.41. The zero-order valence-corrected chi connectivity index (χ0v) is 22.3. The van der Waals surface area contributed by atoms with Gasteiger partial charge in [0.25, 0.3) is 0 Å². The number of piperidine rings is 1. The zero-order chi connectivity index (χ0) is 26.0. The molecule has 2 N–H and O–H groups in total. The predicted octanol–water partition coefficient (Wildman–Crippen LogP) is 4.71. The molecular weight excluding hydrogens is 460 g/mol. The van der Waals surface area contributed by atoms with Gasteiger partial charge in [0.1, 0.15) is 11.4 Å². The molecule has 0 bridgehead atoms. The van der Waals surface area contributed by atoms with E-state index in [1.807, 2.05) is 32.9 Å². The summed E-state index contributed by atoms with van der Waals surface area (Å²) in [5, 5.41) is 6.55. The van der Waals surface area contributed by atoms with E-state index in [0.717, 1.165) is 50.8 Å². The third-order valence-corrected chi connectivity index (χ3v) is 6.84. The maximum atomic E-state index is 12.3. The topological polar surface area (TPSA) is 95.1 Å². The van der Waals surface area contributed by atoms with Crippen molar-refractivity contribution in [2.75, 3.05) is 26.9 Å². The minimum Gasteiger partial charge on any atom is -0.493 e. The number of esters is 1. The van der Waals surface area contributed by atoms with Crippen LogP contribution in [0.15, 0.2) is 24.3 Å².